The molecule has 0 aromatic carbocycles. The van der Waals surface area contributed by atoms with Crippen LogP contribution in [0.2, 0.25) is 0 Å². The largest absolute Gasteiger partial charge is 0.355 e. The molecule has 0 saturated carbocycles. The van der Waals surface area contributed by atoms with Crippen LogP contribution in [-0.2, 0) is 4.79 Å². The first kappa shape index (κ1) is 13.7. The highest BCUT2D eigenvalue weighted by molar-refractivity contribution is 7.99. The van der Waals surface area contributed by atoms with Gasteiger partial charge in [0.25, 0.3) is 0 Å². The number of hydrogen-bond acceptors (Lipinski definition) is 5. The molecule has 1 unspecified atom stereocenters. The van der Waals surface area contributed by atoms with Crippen molar-refractivity contribution in [3.8, 4) is 0 Å². The second-order valence-corrected chi connectivity index (χ2v) is 6.51. The van der Waals surface area contributed by atoms with Gasteiger partial charge >= 0.3 is 0 Å². The smallest absolute Gasteiger partial charge is 0.227 e. The Balaban J connectivity index is 1.64. The van der Waals surface area contributed by atoms with Crippen LogP contribution in [0.25, 0.3) is 0 Å². The van der Waals surface area contributed by atoms with Crippen LogP contribution in [0.15, 0.2) is 18.6 Å². The Hall–Kier alpha value is -1.30. The van der Waals surface area contributed by atoms with Gasteiger partial charge in [-0.15, -0.1) is 0 Å². The number of anilines is 1. The summed E-state index contributed by atoms with van der Waals surface area (Å²) >= 11 is 1.94. The van der Waals surface area contributed by atoms with Gasteiger partial charge in [0.2, 0.25) is 5.91 Å². The molecule has 2 aliphatic rings. The summed E-state index contributed by atoms with van der Waals surface area (Å²) in [6, 6.07) is 0. The minimum atomic E-state index is 0.119. The fourth-order valence-corrected chi connectivity index (χ4v) is 3.79. The van der Waals surface area contributed by atoms with E-state index in [4.69, 9.17) is 0 Å². The van der Waals surface area contributed by atoms with Gasteiger partial charge in [0.05, 0.1) is 12.1 Å². The second kappa shape index (κ2) is 6.43. The van der Waals surface area contributed by atoms with Crippen LogP contribution in [0.5, 0.6) is 0 Å². The molecule has 5 nitrogen and oxygen atoms in total. The van der Waals surface area contributed by atoms with Crippen molar-refractivity contribution in [2.45, 2.75) is 12.8 Å². The van der Waals surface area contributed by atoms with Crippen molar-refractivity contribution in [1.82, 2.24) is 14.9 Å². The number of aromatic nitrogens is 2. The summed E-state index contributed by atoms with van der Waals surface area (Å²) in [4.78, 5) is 25.3. The molecule has 1 aromatic heterocycles. The van der Waals surface area contributed by atoms with E-state index in [0.717, 1.165) is 56.3 Å². The summed E-state index contributed by atoms with van der Waals surface area (Å²) in [7, 11) is 0. The second-order valence-electron chi connectivity index (χ2n) is 5.29. The van der Waals surface area contributed by atoms with Gasteiger partial charge in [-0.1, -0.05) is 0 Å². The molecule has 3 heterocycles. The van der Waals surface area contributed by atoms with Gasteiger partial charge in [0.1, 0.15) is 5.82 Å². The number of nitrogens with zero attached hydrogens (tertiary/aromatic N) is 4. The number of rotatable bonds is 2. The van der Waals surface area contributed by atoms with E-state index in [1.54, 1.807) is 18.6 Å². The van der Waals surface area contributed by atoms with Crippen LogP contribution in [0, 0.1) is 5.92 Å². The van der Waals surface area contributed by atoms with E-state index in [0.29, 0.717) is 5.91 Å². The number of carbonyl (C=O) groups excluding carboxylic acids is 1. The van der Waals surface area contributed by atoms with Gasteiger partial charge < -0.3 is 9.80 Å². The van der Waals surface area contributed by atoms with Crippen molar-refractivity contribution in [3.05, 3.63) is 18.6 Å². The van der Waals surface area contributed by atoms with Crippen molar-refractivity contribution in [2.75, 3.05) is 42.6 Å². The molecule has 0 aliphatic carbocycles. The Morgan fingerprint density at radius 2 is 2.10 bits per heavy atom. The van der Waals surface area contributed by atoms with Gasteiger partial charge in [-0.25, -0.2) is 4.98 Å². The van der Waals surface area contributed by atoms with Crippen molar-refractivity contribution in [1.29, 1.82) is 0 Å². The predicted molar refractivity (Wildman–Crippen MR) is 80.9 cm³/mol. The van der Waals surface area contributed by atoms with Gasteiger partial charge in [-0.2, -0.15) is 11.8 Å². The standard InChI is InChI=1S/C14H20N4OS/c19-14(17-6-8-20-9-7-17)12-2-1-5-18(11-12)13-10-15-3-4-16-13/h3-4,10,12H,1-2,5-9,11H2. The zero-order chi connectivity index (χ0) is 13.8. The third-order valence-corrected chi connectivity index (χ3v) is 4.91. The summed E-state index contributed by atoms with van der Waals surface area (Å²) in [5, 5.41) is 0. The van der Waals surface area contributed by atoms with Crippen molar-refractivity contribution < 1.29 is 4.79 Å². The maximum atomic E-state index is 12.6. The highest BCUT2D eigenvalue weighted by atomic mass is 32.2. The molecule has 0 spiro atoms. The molecule has 0 N–H and O–H groups in total. The van der Waals surface area contributed by atoms with Gasteiger partial charge in [-0.05, 0) is 12.8 Å². The number of amides is 1. The lowest BCUT2D eigenvalue weighted by atomic mass is 9.96. The Morgan fingerprint density at radius 1 is 1.25 bits per heavy atom. The summed E-state index contributed by atoms with van der Waals surface area (Å²) in [6.45, 7) is 3.57. The molecule has 1 atom stereocenters. The van der Waals surface area contributed by atoms with E-state index in [9.17, 15) is 4.79 Å². The van der Waals surface area contributed by atoms with E-state index >= 15 is 0 Å². The lowest BCUT2D eigenvalue weighted by Gasteiger charge is -2.36. The van der Waals surface area contributed by atoms with Crippen LogP contribution in [0.4, 0.5) is 5.82 Å². The first-order valence-electron chi connectivity index (χ1n) is 7.22. The quantitative estimate of drug-likeness (QED) is 0.821. The summed E-state index contributed by atoms with van der Waals surface area (Å²) in [6.07, 6.45) is 7.23. The zero-order valence-corrected chi connectivity index (χ0v) is 12.4. The number of piperidine rings is 1. The van der Waals surface area contributed by atoms with Crippen LogP contribution in [0.3, 0.4) is 0 Å². The van der Waals surface area contributed by atoms with E-state index in [-0.39, 0.29) is 5.92 Å². The van der Waals surface area contributed by atoms with Gasteiger partial charge in [0.15, 0.2) is 0 Å². The maximum absolute atomic E-state index is 12.6. The van der Waals surface area contributed by atoms with Gasteiger partial charge in [-0.3, -0.25) is 9.78 Å². The molecular formula is C14H20N4OS. The molecular weight excluding hydrogens is 272 g/mol. The van der Waals surface area contributed by atoms with Crippen LogP contribution in [0.1, 0.15) is 12.8 Å². The molecule has 0 radical (unpaired) electrons. The van der Waals surface area contributed by atoms with Crippen LogP contribution >= 0.6 is 11.8 Å². The maximum Gasteiger partial charge on any atom is 0.227 e. The van der Waals surface area contributed by atoms with E-state index in [1.165, 1.54) is 0 Å². The molecule has 0 bridgehead atoms. The highest BCUT2D eigenvalue weighted by Crippen LogP contribution is 2.23. The van der Waals surface area contributed by atoms with E-state index < -0.39 is 0 Å². The number of carbonyl (C=O) groups is 1. The molecule has 6 heteroatoms. The van der Waals surface area contributed by atoms with Crippen molar-refractivity contribution in [2.24, 2.45) is 5.92 Å². The topological polar surface area (TPSA) is 49.3 Å². The Labute approximate surface area is 123 Å². The third-order valence-electron chi connectivity index (χ3n) is 3.97. The number of thioether (sulfide) groups is 1. The predicted octanol–water partition coefficient (Wildman–Crippen LogP) is 1.27. The average Bonchev–Trinajstić information content (AvgIpc) is 2.56. The van der Waals surface area contributed by atoms with Crippen LogP contribution < -0.4 is 4.90 Å². The summed E-state index contributed by atoms with van der Waals surface area (Å²) < 4.78 is 0. The fraction of sp³-hybridized carbons (Fsp3) is 0.643. The molecule has 2 fully saturated rings. The van der Waals surface area contributed by atoms with Gasteiger partial charge in [0, 0.05) is 50.1 Å². The molecule has 1 aromatic rings. The Morgan fingerprint density at radius 3 is 2.85 bits per heavy atom. The monoisotopic (exact) mass is 292 g/mol. The minimum Gasteiger partial charge on any atom is -0.355 e. The summed E-state index contributed by atoms with van der Waals surface area (Å²) in [5.74, 6) is 3.49. The van der Waals surface area contributed by atoms with Crippen molar-refractivity contribution in [3.63, 3.8) is 0 Å². The summed E-state index contributed by atoms with van der Waals surface area (Å²) in [5.41, 5.74) is 0. The lowest BCUT2D eigenvalue weighted by molar-refractivity contribution is -0.135. The first-order valence-corrected chi connectivity index (χ1v) is 8.37. The molecule has 108 valence electrons. The number of hydrogen-bond donors (Lipinski definition) is 0. The van der Waals surface area contributed by atoms with Crippen molar-refractivity contribution >= 4 is 23.5 Å². The first-order chi connectivity index (χ1) is 9.84. The molecule has 3 rings (SSSR count). The van der Waals surface area contributed by atoms with E-state index in [2.05, 4.69) is 14.9 Å². The molecule has 1 amide bonds. The average molecular weight is 292 g/mol. The normalized spacial score (nSPS) is 23.7. The van der Waals surface area contributed by atoms with E-state index in [1.807, 2.05) is 16.7 Å². The fourth-order valence-electron chi connectivity index (χ4n) is 2.88. The highest BCUT2D eigenvalue weighted by Gasteiger charge is 2.30. The molecule has 2 saturated heterocycles. The Bertz CT molecular complexity index is 450. The molecule has 20 heavy (non-hydrogen) atoms. The SMILES string of the molecule is O=C(C1CCCN(c2cnccn2)C1)N1CCSCC1. The zero-order valence-electron chi connectivity index (χ0n) is 11.6. The third kappa shape index (κ3) is 3.06. The van der Waals surface area contributed by atoms with Crippen LogP contribution in [-0.4, -0.2) is 58.5 Å². The Kier molecular flexibility index (Phi) is 4.40. The molecule has 2 aliphatic heterocycles. The lowest BCUT2D eigenvalue weighted by Crippen LogP contribution is -2.47. The minimum absolute atomic E-state index is 0.119.